The molecule has 0 saturated heterocycles. The van der Waals surface area contributed by atoms with Crippen LogP contribution in [0.25, 0.3) is 26.7 Å². The van der Waals surface area contributed by atoms with Gasteiger partial charge < -0.3 is 5.11 Å². The largest absolute Gasteiger partial charge is 0.502 e. The molecule has 0 unspecified atom stereocenters. The highest BCUT2D eigenvalue weighted by Gasteiger charge is 2.20. The number of fused-ring (bicyclic) bond motifs is 1. The minimum Gasteiger partial charge on any atom is -0.502 e. The van der Waals surface area contributed by atoms with Crippen molar-refractivity contribution < 1.29 is 5.11 Å². The van der Waals surface area contributed by atoms with Crippen LogP contribution in [-0.4, -0.2) is 14.5 Å². The fourth-order valence-corrected chi connectivity index (χ4v) is 3.91. The highest BCUT2D eigenvalue weighted by atomic mass is 32.1. The minimum absolute atomic E-state index is 0.112. The zero-order valence-electron chi connectivity index (χ0n) is 14.7. The number of benzene rings is 2. The molecule has 0 radical (unpaired) electrons. The van der Waals surface area contributed by atoms with Gasteiger partial charge in [-0.1, -0.05) is 71.5 Å². The number of aryl methyl sites for hydroxylation is 1. The van der Waals surface area contributed by atoms with Gasteiger partial charge in [0.15, 0.2) is 0 Å². The maximum atomic E-state index is 12.8. The first-order chi connectivity index (χ1) is 13.5. The molecular weight excluding hydrogens is 374 g/mol. The second kappa shape index (κ2) is 6.76. The van der Waals surface area contributed by atoms with Gasteiger partial charge in [0.25, 0.3) is 5.56 Å². The molecule has 0 fully saturated rings. The van der Waals surface area contributed by atoms with Crippen LogP contribution in [0.5, 0.6) is 5.75 Å². The Kier molecular flexibility index (Phi) is 4.26. The van der Waals surface area contributed by atoms with Crippen molar-refractivity contribution >= 4 is 16.3 Å². The third-order valence-corrected chi connectivity index (χ3v) is 5.43. The van der Waals surface area contributed by atoms with E-state index in [0.717, 1.165) is 21.3 Å². The second-order valence-electron chi connectivity index (χ2n) is 6.19. The van der Waals surface area contributed by atoms with Crippen molar-refractivity contribution in [1.82, 2.24) is 9.38 Å². The van der Waals surface area contributed by atoms with E-state index in [-0.39, 0.29) is 16.2 Å². The van der Waals surface area contributed by atoms with Crippen molar-refractivity contribution in [3.63, 3.8) is 0 Å². The van der Waals surface area contributed by atoms with Gasteiger partial charge in [0, 0.05) is 5.56 Å². The second-order valence-corrected chi connectivity index (χ2v) is 7.16. The van der Waals surface area contributed by atoms with Gasteiger partial charge in [0.1, 0.15) is 11.6 Å². The number of hydrogen-bond donors (Lipinski definition) is 1. The monoisotopic (exact) mass is 387 g/mol. The summed E-state index contributed by atoms with van der Waals surface area (Å²) >= 11 is 1.02. The average Bonchev–Trinajstić information content (AvgIpc) is 2.71. The Morgan fingerprint density at radius 1 is 1.00 bits per heavy atom. The van der Waals surface area contributed by atoms with Crippen LogP contribution in [0.3, 0.4) is 0 Å². The Bertz CT molecular complexity index is 1370. The zero-order chi connectivity index (χ0) is 19.8. The summed E-state index contributed by atoms with van der Waals surface area (Å²) in [4.78, 5) is 30.4. The molecule has 0 aliphatic rings. The molecule has 2 aromatic carbocycles. The van der Waals surface area contributed by atoms with E-state index in [1.54, 1.807) is 36.4 Å². The molecule has 0 saturated carbocycles. The third-order valence-electron chi connectivity index (χ3n) is 4.34. The van der Waals surface area contributed by atoms with Gasteiger partial charge in [0.2, 0.25) is 10.7 Å². The Morgan fingerprint density at radius 3 is 2.32 bits per heavy atom. The van der Waals surface area contributed by atoms with Crippen LogP contribution in [0.4, 0.5) is 0 Å². The van der Waals surface area contributed by atoms with Gasteiger partial charge in [-0.05, 0) is 12.5 Å². The maximum Gasteiger partial charge on any atom is 0.303 e. The summed E-state index contributed by atoms with van der Waals surface area (Å²) in [6.45, 7) is 1.93. The van der Waals surface area contributed by atoms with Crippen molar-refractivity contribution in [2.24, 2.45) is 0 Å². The molecule has 0 atom stereocenters. The lowest BCUT2D eigenvalue weighted by atomic mass is 10.1. The highest BCUT2D eigenvalue weighted by molar-refractivity contribution is 7.20. The molecule has 0 aliphatic heterocycles. The van der Waals surface area contributed by atoms with E-state index in [1.807, 2.05) is 31.2 Å². The van der Waals surface area contributed by atoms with Crippen molar-refractivity contribution in [3.8, 4) is 33.5 Å². The molecule has 0 bridgehead atoms. The number of aromatic nitrogens is 2. The maximum absolute atomic E-state index is 12.8. The summed E-state index contributed by atoms with van der Waals surface area (Å²) in [6.07, 6.45) is 0. The van der Waals surface area contributed by atoms with E-state index in [0.29, 0.717) is 16.0 Å². The van der Waals surface area contributed by atoms with E-state index in [2.05, 4.69) is 4.98 Å². The van der Waals surface area contributed by atoms with Crippen LogP contribution < -0.4 is 11.1 Å². The fraction of sp³-hybridized carbons (Fsp3) is 0.0476. The quantitative estimate of drug-likeness (QED) is 0.569. The molecular formula is C21H13N3O3S. The normalized spacial score (nSPS) is 10.7. The van der Waals surface area contributed by atoms with Crippen LogP contribution in [0.1, 0.15) is 11.1 Å². The fourth-order valence-electron chi connectivity index (χ4n) is 2.90. The molecule has 2 aromatic heterocycles. The van der Waals surface area contributed by atoms with Crippen LogP contribution in [0.2, 0.25) is 0 Å². The van der Waals surface area contributed by atoms with Crippen LogP contribution in [0.15, 0.2) is 64.2 Å². The van der Waals surface area contributed by atoms with E-state index >= 15 is 0 Å². The lowest BCUT2D eigenvalue weighted by Gasteiger charge is -2.09. The SMILES string of the molecule is Cc1ccc(-c2sc3nc(-c4ccccc4)c(C#N)c(=O)n3c(=O)c2O)cc1. The summed E-state index contributed by atoms with van der Waals surface area (Å²) in [5.74, 6) is -0.540. The Balaban J connectivity index is 2.10. The molecule has 0 spiro atoms. The first kappa shape index (κ1) is 17.6. The van der Waals surface area contributed by atoms with Gasteiger partial charge in [0.05, 0.1) is 10.6 Å². The lowest BCUT2D eigenvalue weighted by molar-refractivity contribution is 0.469. The molecule has 4 rings (SSSR count). The summed E-state index contributed by atoms with van der Waals surface area (Å²) < 4.78 is 0.753. The molecule has 7 heteroatoms. The smallest absolute Gasteiger partial charge is 0.303 e. The van der Waals surface area contributed by atoms with Gasteiger partial charge in [-0.25, -0.2) is 9.38 Å². The number of hydrogen-bond acceptors (Lipinski definition) is 6. The zero-order valence-corrected chi connectivity index (χ0v) is 15.5. The van der Waals surface area contributed by atoms with Crippen LogP contribution in [-0.2, 0) is 0 Å². The van der Waals surface area contributed by atoms with Gasteiger partial charge >= 0.3 is 5.56 Å². The predicted molar refractivity (Wildman–Crippen MR) is 108 cm³/mol. The summed E-state index contributed by atoms with van der Waals surface area (Å²) in [5, 5.41) is 19.9. The summed E-state index contributed by atoms with van der Waals surface area (Å²) in [5.41, 5.74) is 0.572. The van der Waals surface area contributed by atoms with Gasteiger partial charge in [-0.3, -0.25) is 9.59 Å². The van der Waals surface area contributed by atoms with Gasteiger partial charge in [-0.15, -0.1) is 0 Å². The predicted octanol–water partition coefficient (Wildman–Crippen LogP) is 3.34. The van der Waals surface area contributed by atoms with Crippen molar-refractivity contribution in [2.75, 3.05) is 0 Å². The molecule has 0 amide bonds. The Hall–Kier alpha value is -3.76. The molecule has 1 N–H and O–H groups in total. The van der Waals surface area contributed by atoms with Crippen molar-refractivity contribution in [2.45, 2.75) is 6.92 Å². The van der Waals surface area contributed by atoms with Crippen molar-refractivity contribution in [1.29, 1.82) is 5.26 Å². The van der Waals surface area contributed by atoms with Gasteiger partial charge in [-0.2, -0.15) is 5.26 Å². The topological polar surface area (TPSA) is 95.5 Å². The van der Waals surface area contributed by atoms with E-state index < -0.39 is 16.9 Å². The van der Waals surface area contributed by atoms with E-state index in [9.17, 15) is 20.0 Å². The van der Waals surface area contributed by atoms with E-state index in [1.165, 1.54) is 0 Å². The van der Waals surface area contributed by atoms with Crippen LogP contribution in [0, 0.1) is 18.3 Å². The van der Waals surface area contributed by atoms with E-state index in [4.69, 9.17) is 0 Å². The Labute approximate surface area is 163 Å². The standard InChI is InChI=1S/C21H13N3O3S/c1-12-7-9-14(10-8-12)18-17(25)20(27)24-19(26)15(11-22)16(23-21(24)28-18)13-5-3-2-4-6-13/h2-10,25H,1H3. The first-order valence-corrected chi connectivity index (χ1v) is 9.18. The molecule has 4 aromatic rings. The third kappa shape index (κ3) is 2.76. The highest BCUT2D eigenvalue weighted by Crippen LogP contribution is 2.32. The summed E-state index contributed by atoms with van der Waals surface area (Å²) in [7, 11) is 0. The molecule has 136 valence electrons. The Morgan fingerprint density at radius 2 is 1.68 bits per heavy atom. The number of nitrogens with zero attached hydrogens (tertiary/aromatic N) is 3. The lowest BCUT2D eigenvalue weighted by Crippen LogP contribution is -2.29. The minimum atomic E-state index is -0.891. The first-order valence-electron chi connectivity index (χ1n) is 8.36. The molecule has 28 heavy (non-hydrogen) atoms. The van der Waals surface area contributed by atoms with Crippen molar-refractivity contribution in [3.05, 3.63) is 86.4 Å². The van der Waals surface area contributed by atoms with Crippen LogP contribution >= 0.6 is 11.3 Å². The molecule has 0 aliphatic carbocycles. The summed E-state index contributed by atoms with van der Waals surface area (Å²) in [6, 6.07) is 18.0. The molecule has 6 nitrogen and oxygen atoms in total. The number of nitriles is 1. The molecule has 2 heterocycles. The number of aromatic hydroxyl groups is 1. The average molecular weight is 387 g/mol. The number of rotatable bonds is 2.